The third kappa shape index (κ3) is 3.93. The van der Waals surface area contributed by atoms with Crippen molar-refractivity contribution in [1.29, 1.82) is 5.41 Å². The smallest absolute Gasteiger partial charge is 0.157 e. The molecule has 3 rings (SSSR count). The maximum absolute atomic E-state index is 13.3. The highest BCUT2D eigenvalue weighted by atomic mass is 16.1. The molecular formula is C25H43N3O. The van der Waals surface area contributed by atoms with Gasteiger partial charge in [0, 0.05) is 12.1 Å². The highest BCUT2D eigenvalue weighted by molar-refractivity contribution is 6.14. The fourth-order valence-corrected chi connectivity index (χ4v) is 8.37. The summed E-state index contributed by atoms with van der Waals surface area (Å²) in [6.07, 6.45) is 11.9. The monoisotopic (exact) mass is 401 g/mol. The molecule has 4 heteroatoms. The van der Waals surface area contributed by atoms with Gasteiger partial charge in [-0.15, -0.1) is 0 Å². The van der Waals surface area contributed by atoms with Crippen molar-refractivity contribution >= 4 is 18.2 Å². The Morgan fingerprint density at radius 2 is 1.93 bits per heavy atom. The van der Waals surface area contributed by atoms with Gasteiger partial charge in [0.1, 0.15) is 0 Å². The molecule has 8 unspecified atom stereocenters. The third-order valence-corrected chi connectivity index (χ3v) is 9.43. The lowest BCUT2D eigenvalue weighted by Crippen LogP contribution is -2.49. The van der Waals surface area contributed by atoms with Crippen LogP contribution in [0.25, 0.3) is 0 Å². The molecule has 0 saturated heterocycles. The topological polar surface area (TPSA) is 65.3 Å². The summed E-state index contributed by atoms with van der Waals surface area (Å²) in [5, 5.41) is 11.0. The number of nitrogens with one attached hydrogen (secondary N) is 2. The Morgan fingerprint density at radius 1 is 1.17 bits per heavy atom. The molecule has 4 nitrogen and oxygen atoms in total. The minimum atomic E-state index is 0.139. The van der Waals surface area contributed by atoms with Gasteiger partial charge in [-0.05, 0) is 72.5 Å². The molecule has 0 aromatic rings. The summed E-state index contributed by atoms with van der Waals surface area (Å²) in [4.78, 5) is 13.3. The van der Waals surface area contributed by atoms with Gasteiger partial charge in [0.15, 0.2) is 5.78 Å². The SMILES string of the molecule is CCCC1C(CC)CCC2C1CCC1(C)C(C(=O)CN/N=C\C=N)C(C)[C@@H](C)C21. The van der Waals surface area contributed by atoms with Crippen molar-refractivity contribution in [3.05, 3.63) is 0 Å². The van der Waals surface area contributed by atoms with Crippen LogP contribution in [0.2, 0.25) is 0 Å². The highest BCUT2D eigenvalue weighted by Gasteiger charge is 2.62. The molecule has 164 valence electrons. The molecule has 3 saturated carbocycles. The van der Waals surface area contributed by atoms with Gasteiger partial charge in [-0.3, -0.25) is 4.79 Å². The summed E-state index contributed by atoms with van der Waals surface area (Å²) in [5.74, 6) is 5.73. The third-order valence-electron chi connectivity index (χ3n) is 9.43. The van der Waals surface area contributed by atoms with Gasteiger partial charge in [0.2, 0.25) is 0 Å². The van der Waals surface area contributed by atoms with Gasteiger partial charge in [-0.2, -0.15) is 5.10 Å². The fraction of sp³-hybridized carbons (Fsp3) is 0.880. The first-order valence-corrected chi connectivity index (χ1v) is 12.2. The zero-order valence-corrected chi connectivity index (χ0v) is 19.3. The van der Waals surface area contributed by atoms with Crippen LogP contribution in [0.5, 0.6) is 0 Å². The molecule has 0 aromatic carbocycles. The summed E-state index contributed by atoms with van der Waals surface area (Å²) in [6.45, 7) is 12.2. The molecule has 0 spiro atoms. The van der Waals surface area contributed by atoms with Crippen molar-refractivity contribution in [3.63, 3.8) is 0 Å². The first-order chi connectivity index (χ1) is 13.9. The van der Waals surface area contributed by atoms with Crippen LogP contribution in [0.4, 0.5) is 0 Å². The number of hydrogen-bond acceptors (Lipinski definition) is 4. The number of ketones is 1. The molecule has 3 aliphatic carbocycles. The van der Waals surface area contributed by atoms with Crippen molar-refractivity contribution in [2.75, 3.05) is 6.54 Å². The molecule has 0 aliphatic heterocycles. The zero-order valence-electron chi connectivity index (χ0n) is 19.3. The summed E-state index contributed by atoms with van der Waals surface area (Å²) in [5.41, 5.74) is 3.01. The van der Waals surface area contributed by atoms with E-state index < -0.39 is 0 Å². The second-order valence-corrected chi connectivity index (χ2v) is 10.5. The fourth-order valence-electron chi connectivity index (χ4n) is 8.37. The van der Waals surface area contributed by atoms with Gasteiger partial charge in [-0.1, -0.05) is 53.9 Å². The van der Waals surface area contributed by atoms with E-state index in [9.17, 15) is 4.79 Å². The molecule has 3 fully saturated rings. The average molecular weight is 402 g/mol. The second kappa shape index (κ2) is 9.31. The number of hydrazone groups is 1. The Balaban J connectivity index is 1.82. The maximum Gasteiger partial charge on any atom is 0.157 e. The Labute approximate surface area is 178 Å². The van der Waals surface area contributed by atoms with Crippen LogP contribution in [0, 0.1) is 58.2 Å². The van der Waals surface area contributed by atoms with E-state index in [0.29, 0.717) is 30.1 Å². The predicted octanol–water partition coefficient (Wildman–Crippen LogP) is 5.57. The van der Waals surface area contributed by atoms with E-state index in [1.54, 1.807) is 0 Å². The molecule has 9 atom stereocenters. The van der Waals surface area contributed by atoms with Crippen molar-refractivity contribution < 1.29 is 4.79 Å². The number of Topliss-reactive ketones (excluding diaryl/α,β-unsaturated/α-hetero) is 1. The van der Waals surface area contributed by atoms with Crippen molar-refractivity contribution in [2.24, 2.45) is 57.9 Å². The van der Waals surface area contributed by atoms with Crippen molar-refractivity contribution in [3.8, 4) is 0 Å². The summed E-state index contributed by atoms with van der Waals surface area (Å²) in [6, 6.07) is 0. The normalized spacial score (nSPS) is 44.3. The molecule has 0 amide bonds. The Morgan fingerprint density at radius 3 is 2.59 bits per heavy atom. The maximum atomic E-state index is 13.3. The molecule has 2 N–H and O–H groups in total. The number of fused-ring (bicyclic) bond motifs is 3. The number of rotatable bonds is 8. The van der Waals surface area contributed by atoms with Gasteiger partial charge in [0.25, 0.3) is 0 Å². The van der Waals surface area contributed by atoms with Gasteiger partial charge in [0.05, 0.1) is 12.8 Å². The largest absolute Gasteiger partial charge is 0.307 e. The van der Waals surface area contributed by atoms with Crippen LogP contribution in [0.3, 0.4) is 0 Å². The van der Waals surface area contributed by atoms with Crippen molar-refractivity contribution in [1.82, 2.24) is 5.43 Å². The first-order valence-electron chi connectivity index (χ1n) is 12.2. The van der Waals surface area contributed by atoms with Crippen LogP contribution in [-0.4, -0.2) is 24.8 Å². The molecule has 29 heavy (non-hydrogen) atoms. The lowest BCUT2D eigenvalue weighted by molar-refractivity contribution is -0.130. The van der Waals surface area contributed by atoms with E-state index in [-0.39, 0.29) is 11.3 Å². The molecule has 3 aliphatic rings. The van der Waals surface area contributed by atoms with E-state index >= 15 is 0 Å². The molecular weight excluding hydrogens is 358 g/mol. The Hall–Kier alpha value is -1.19. The quantitative estimate of drug-likeness (QED) is 0.412. The zero-order chi connectivity index (χ0) is 21.2. The first kappa shape index (κ1) is 22.5. The lowest BCUT2D eigenvalue weighted by Gasteiger charge is -2.55. The van der Waals surface area contributed by atoms with Gasteiger partial charge in [-0.25, -0.2) is 0 Å². The number of carbonyl (C=O) groups excluding carboxylic acids is 1. The number of nitrogens with zero attached hydrogens (tertiary/aromatic N) is 1. The van der Waals surface area contributed by atoms with E-state index in [4.69, 9.17) is 5.41 Å². The lowest BCUT2D eigenvalue weighted by atomic mass is 9.49. The molecule has 0 radical (unpaired) electrons. The number of carbonyl (C=O) groups is 1. The van der Waals surface area contributed by atoms with Crippen LogP contribution in [0.15, 0.2) is 5.10 Å². The van der Waals surface area contributed by atoms with Gasteiger partial charge >= 0.3 is 0 Å². The highest BCUT2D eigenvalue weighted by Crippen LogP contribution is 2.66. The van der Waals surface area contributed by atoms with Gasteiger partial charge < -0.3 is 10.8 Å². The standard InChI is InChI=1S/C25H43N3O/c1-6-8-19-18(7-2)9-10-21-20(19)11-12-25(5)23(21)16(3)17(4)24(25)22(29)15-28-27-14-13-26/h13-14,16-21,23-24,26,28H,6-12,15H2,1-5H3/b26-13?,27-14-/t16-,17?,18?,19?,20?,21?,23?,24?,25?/m1/s1. The van der Waals surface area contributed by atoms with Crippen LogP contribution < -0.4 is 5.43 Å². The summed E-state index contributed by atoms with van der Waals surface area (Å²) in [7, 11) is 0. The van der Waals surface area contributed by atoms with E-state index in [1.807, 2.05) is 0 Å². The Kier molecular flexibility index (Phi) is 7.22. The van der Waals surface area contributed by atoms with E-state index in [0.717, 1.165) is 29.9 Å². The van der Waals surface area contributed by atoms with Crippen LogP contribution in [-0.2, 0) is 4.79 Å². The Bertz CT molecular complexity index is 617. The summed E-state index contributed by atoms with van der Waals surface area (Å²) < 4.78 is 0. The minimum absolute atomic E-state index is 0.139. The average Bonchev–Trinajstić information content (AvgIpc) is 2.91. The number of hydrogen-bond donors (Lipinski definition) is 2. The predicted molar refractivity (Wildman–Crippen MR) is 121 cm³/mol. The van der Waals surface area contributed by atoms with Crippen molar-refractivity contribution in [2.45, 2.75) is 79.6 Å². The second-order valence-electron chi connectivity index (χ2n) is 10.5. The summed E-state index contributed by atoms with van der Waals surface area (Å²) >= 11 is 0. The molecule has 0 bridgehead atoms. The molecule has 0 heterocycles. The van der Waals surface area contributed by atoms with Crippen LogP contribution in [0.1, 0.15) is 79.6 Å². The van der Waals surface area contributed by atoms with E-state index in [1.165, 1.54) is 51.2 Å². The minimum Gasteiger partial charge on any atom is -0.307 e. The van der Waals surface area contributed by atoms with Crippen LogP contribution >= 0.6 is 0 Å². The molecule has 0 aromatic heterocycles. The van der Waals surface area contributed by atoms with E-state index in [2.05, 4.69) is 45.1 Å².